The van der Waals surface area contributed by atoms with Crippen LogP contribution < -0.4 is 29.6 Å². The SMILES string of the molecule is COc1ccc(OC)c(NC(=O)C2=C(C)Nc3ncnn3[C@H]2c2cccc(OC)c2OCc2ccccc2)c1. The molecule has 0 saturated heterocycles. The van der Waals surface area contributed by atoms with Gasteiger partial charge in [0, 0.05) is 17.3 Å². The van der Waals surface area contributed by atoms with Gasteiger partial charge in [0.25, 0.3) is 5.91 Å². The number of hydrogen-bond donors (Lipinski definition) is 2. The van der Waals surface area contributed by atoms with Gasteiger partial charge < -0.3 is 29.6 Å². The highest BCUT2D eigenvalue weighted by molar-refractivity contribution is 6.07. The fourth-order valence-electron chi connectivity index (χ4n) is 4.57. The number of carbonyl (C=O) groups excluding carboxylic acids is 1. The topological polar surface area (TPSA) is 109 Å². The number of rotatable bonds is 9. The van der Waals surface area contributed by atoms with Crippen molar-refractivity contribution in [2.24, 2.45) is 0 Å². The molecule has 39 heavy (non-hydrogen) atoms. The lowest BCUT2D eigenvalue weighted by molar-refractivity contribution is -0.113. The van der Waals surface area contributed by atoms with E-state index in [4.69, 9.17) is 18.9 Å². The van der Waals surface area contributed by atoms with E-state index in [-0.39, 0.29) is 5.91 Å². The van der Waals surface area contributed by atoms with E-state index in [2.05, 4.69) is 20.7 Å². The van der Waals surface area contributed by atoms with Crippen LogP contribution in [0.3, 0.4) is 0 Å². The number of ether oxygens (including phenoxy) is 4. The van der Waals surface area contributed by atoms with Crippen molar-refractivity contribution in [3.05, 3.63) is 95.5 Å². The summed E-state index contributed by atoms with van der Waals surface area (Å²) in [6, 6.07) is 20.0. The van der Waals surface area contributed by atoms with Crippen LogP contribution in [0.25, 0.3) is 0 Å². The molecule has 0 unspecified atom stereocenters. The van der Waals surface area contributed by atoms with Crippen LogP contribution in [0, 0.1) is 0 Å². The maximum absolute atomic E-state index is 14.0. The van der Waals surface area contributed by atoms with Crippen molar-refractivity contribution < 1.29 is 23.7 Å². The van der Waals surface area contributed by atoms with E-state index in [9.17, 15) is 4.79 Å². The summed E-state index contributed by atoms with van der Waals surface area (Å²) in [5.41, 5.74) is 3.21. The average molecular weight is 528 g/mol. The molecule has 0 aliphatic carbocycles. The molecule has 0 fully saturated rings. The third-order valence-corrected chi connectivity index (χ3v) is 6.44. The Morgan fingerprint density at radius 1 is 0.974 bits per heavy atom. The van der Waals surface area contributed by atoms with Crippen molar-refractivity contribution >= 4 is 17.5 Å². The van der Waals surface area contributed by atoms with E-state index in [1.165, 1.54) is 6.33 Å². The second-order valence-electron chi connectivity index (χ2n) is 8.77. The van der Waals surface area contributed by atoms with Crippen molar-refractivity contribution in [3.8, 4) is 23.0 Å². The number of methoxy groups -OCH3 is 3. The molecular formula is C29H29N5O5. The first-order valence-corrected chi connectivity index (χ1v) is 12.3. The summed E-state index contributed by atoms with van der Waals surface area (Å²) >= 11 is 0. The molecule has 1 atom stereocenters. The van der Waals surface area contributed by atoms with Gasteiger partial charge in [0.05, 0.1) is 32.6 Å². The molecular weight excluding hydrogens is 498 g/mol. The molecule has 1 aliphatic rings. The molecule has 0 radical (unpaired) electrons. The fourth-order valence-corrected chi connectivity index (χ4v) is 4.57. The molecule has 200 valence electrons. The minimum atomic E-state index is -0.666. The maximum atomic E-state index is 14.0. The molecule has 2 heterocycles. The molecule has 3 aromatic carbocycles. The van der Waals surface area contributed by atoms with Gasteiger partial charge in [-0.05, 0) is 30.7 Å². The van der Waals surface area contributed by atoms with Gasteiger partial charge in [0.15, 0.2) is 11.5 Å². The molecule has 2 N–H and O–H groups in total. The van der Waals surface area contributed by atoms with Crippen LogP contribution in [-0.4, -0.2) is 42.0 Å². The Morgan fingerprint density at radius 2 is 1.77 bits per heavy atom. The zero-order chi connectivity index (χ0) is 27.4. The Balaban J connectivity index is 1.58. The van der Waals surface area contributed by atoms with Crippen LogP contribution in [0.4, 0.5) is 11.6 Å². The normalized spacial score (nSPS) is 14.2. The van der Waals surface area contributed by atoms with E-state index in [1.54, 1.807) is 44.2 Å². The number of amides is 1. The first-order chi connectivity index (χ1) is 19.0. The summed E-state index contributed by atoms with van der Waals surface area (Å²) in [7, 11) is 4.69. The highest BCUT2D eigenvalue weighted by Crippen LogP contribution is 2.43. The molecule has 4 aromatic rings. The van der Waals surface area contributed by atoms with Gasteiger partial charge in [-0.2, -0.15) is 10.1 Å². The number of carbonyl (C=O) groups is 1. The summed E-state index contributed by atoms with van der Waals surface area (Å²) in [5.74, 6) is 2.28. The van der Waals surface area contributed by atoms with Crippen LogP contribution in [0.5, 0.6) is 23.0 Å². The predicted octanol–water partition coefficient (Wildman–Crippen LogP) is 4.81. The smallest absolute Gasteiger partial charge is 0.255 e. The monoisotopic (exact) mass is 527 g/mol. The number of nitrogens with zero attached hydrogens (tertiary/aromatic N) is 3. The standard InChI is InChI=1S/C29H29N5O5/c1-18-25(28(35)33-22-15-20(36-2)13-14-23(22)37-3)26(34-29(32-18)30-17-31-34)21-11-8-12-24(38-4)27(21)39-16-19-9-6-5-7-10-19/h5-15,17,26H,16H2,1-4H3,(H,33,35)(H,30,31,32)/t26-/m0/s1. The Morgan fingerprint density at radius 3 is 2.51 bits per heavy atom. The lowest BCUT2D eigenvalue weighted by Gasteiger charge is -2.30. The highest BCUT2D eigenvalue weighted by atomic mass is 16.5. The third-order valence-electron chi connectivity index (χ3n) is 6.44. The molecule has 1 amide bonds. The second kappa shape index (κ2) is 11.2. The molecule has 0 spiro atoms. The highest BCUT2D eigenvalue weighted by Gasteiger charge is 2.36. The Kier molecular flexibility index (Phi) is 7.35. The zero-order valence-electron chi connectivity index (χ0n) is 22.1. The van der Waals surface area contributed by atoms with Crippen molar-refractivity contribution in [3.63, 3.8) is 0 Å². The van der Waals surface area contributed by atoms with E-state index in [0.717, 1.165) is 5.56 Å². The average Bonchev–Trinajstić information content (AvgIpc) is 3.43. The molecule has 1 aliphatic heterocycles. The summed E-state index contributed by atoms with van der Waals surface area (Å²) in [5, 5.41) is 10.6. The Hall–Kier alpha value is -4.99. The molecule has 0 bridgehead atoms. The van der Waals surface area contributed by atoms with Gasteiger partial charge in [0.1, 0.15) is 30.5 Å². The lowest BCUT2D eigenvalue weighted by Crippen LogP contribution is -2.32. The first kappa shape index (κ1) is 25.7. The van der Waals surface area contributed by atoms with Crippen molar-refractivity contribution in [2.45, 2.75) is 19.6 Å². The van der Waals surface area contributed by atoms with Crippen LogP contribution in [-0.2, 0) is 11.4 Å². The summed E-state index contributed by atoms with van der Waals surface area (Å²) in [4.78, 5) is 18.3. The van der Waals surface area contributed by atoms with E-state index < -0.39 is 6.04 Å². The van der Waals surface area contributed by atoms with Crippen molar-refractivity contribution in [1.29, 1.82) is 0 Å². The Labute approximate surface area is 226 Å². The van der Waals surface area contributed by atoms with Crippen LogP contribution >= 0.6 is 0 Å². The molecule has 10 nitrogen and oxygen atoms in total. The van der Waals surface area contributed by atoms with Crippen LogP contribution in [0.1, 0.15) is 24.1 Å². The fraction of sp³-hybridized carbons (Fsp3) is 0.207. The largest absolute Gasteiger partial charge is 0.497 e. The number of hydrogen-bond acceptors (Lipinski definition) is 8. The van der Waals surface area contributed by atoms with Crippen LogP contribution in [0.2, 0.25) is 0 Å². The number of anilines is 2. The molecule has 10 heteroatoms. The van der Waals surface area contributed by atoms with Crippen molar-refractivity contribution in [1.82, 2.24) is 14.8 Å². The van der Waals surface area contributed by atoms with E-state index in [1.807, 2.05) is 55.5 Å². The minimum absolute atomic E-state index is 0.314. The molecule has 1 aromatic heterocycles. The number of fused-ring (bicyclic) bond motifs is 1. The number of para-hydroxylation sites is 1. The van der Waals surface area contributed by atoms with Crippen LogP contribution in [0.15, 0.2) is 84.3 Å². The third kappa shape index (κ3) is 5.08. The van der Waals surface area contributed by atoms with E-state index >= 15 is 0 Å². The van der Waals surface area contributed by atoms with Gasteiger partial charge in [-0.15, -0.1) is 0 Å². The summed E-state index contributed by atoms with van der Waals surface area (Å²) < 4.78 is 24.5. The lowest BCUT2D eigenvalue weighted by atomic mass is 9.93. The number of benzene rings is 3. The van der Waals surface area contributed by atoms with Gasteiger partial charge >= 0.3 is 0 Å². The minimum Gasteiger partial charge on any atom is -0.497 e. The number of allylic oxidation sites excluding steroid dienone is 1. The molecule has 0 saturated carbocycles. The summed E-state index contributed by atoms with van der Waals surface area (Å²) in [6.45, 7) is 2.14. The zero-order valence-corrected chi connectivity index (χ0v) is 22.1. The maximum Gasteiger partial charge on any atom is 0.255 e. The van der Waals surface area contributed by atoms with Gasteiger partial charge in [0.2, 0.25) is 5.95 Å². The Bertz CT molecular complexity index is 1520. The number of aromatic nitrogens is 3. The van der Waals surface area contributed by atoms with Gasteiger partial charge in [-0.3, -0.25) is 4.79 Å². The molecule has 5 rings (SSSR count). The van der Waals surface area contributed by atoms with E-state index in [0.29, 0.717) is 58.1 Å². The predicted molar refractivity (Wildman–Crippen MR) is 146 cm³/mol. The summed E-state index contributed by atoms with van der Waals surface area (Å²) in [6.07, 6.45) is 1.44. The number of nitrogens with one attached hydrogen (secondary N) is 2. The van der Waals surface area contributed by atoms with Gasteiger partial charge in [-0.1, -0.05) is 42.5 Å². The quantitative estimate of drug-likeness (QED) is 0.319. The van der Waals surface area contributed by atoms with Crippen molar-refractivity contribution in [2.75, 3.05) is 32.0 Å². The second-order valence-corrected chi connectivity index (χ2v) is 8.77. The van der Waals surface area contributed by atoms with Gasteiger partial charge in [-0.25, -0.2) is 4.68 Å². The first-order valence-electron chi connectivity index (χ1n) is 12.3.